The summed E-state index contributed by atoms with van der Waals surface area (Å²) in [6.45, 7) is 0.0668. The van der Waals surface area contributed by atoms with Crippen LogP contribution < -0.4 is 21.1 Å². The number of fused-ring (bicyclic) bond motifs is 4. The van der Waals surface area contributed by atoms with Gasteiger partial charge in [0.1, 0.15) is 11.3 Å². The van der Waals surface area contributed by atoms with Crippen LogP contribution in [0.25, 0.3) is 0 Å². The molecule has 0 saturated carbocycles. The van der Waals surface area contributed by atoms with Gasteiger partial charge in [0.05, 0.1) is 36.2 Å². The molecule has 4 N–H and O–H groups in total. The number of methoxy groups -OCH3 is 1. The van der Waals surface area contributed by atoms with E-state index in [9.17, 15) is 19.2 Å². The number of carbonyl (C=O) groups is 4. The van der Waals surface area contributed by atoms with Crippen molar-refractivity contribution in [3.05, 3.63) is 58.6 Å². The SMILES string of the molecule is COc1ccc(CN2C(=O)[C@H]3[C@H](CCC(N)=O)N[C@@]4(C(=O)Nc5c(Cl)cccc54)[C@@H]3C2=O)cc1. The standard InChI is InChI=1S/C24H23ClN4O5/c1-34-13-7-5-12(6-8-13)11-29-21(31)18-16(9-10-17(26)30)28-24(19(18)22(29)32)14-3-2-4-15(25)20(14)27-23(24)33/h2-8,16,18-19,28H,9-11H2,1H3,(H2,26,30)(H,27,33)/t16-,18-,19-,24+/m0/s1. The number of ether oxygens (including phenoxy) is 1. The molecular weight excluding hydrogens is 460 g/mol. The van der Waals surface area contributed by atoms with Gasteiger partial charge in [0.25, 0.3) is 0 Å². The van der Waals surface area contributed by atoms with Crippen molar-refractivity contribution in [2.24, 2.45) is 17.6 Å². The minimum atomic E-state index is -1.46. The van der Waals surface area contributed by atoms with Gasteiger partial charge in [0.15, 0.2) is 0 Å². The van der Waals surface area contributed by atoms with Gasteiger partial charge in [0, 0.05) is 18.0 Å². The number of benzene rings is 2. The van der Waals surface area contributed by atoms with Crippen LogP contribution in [-0.4, -0.2) is 41.7 Å². The first-order valence-electron chi connectivity index (χ1n) is 10.9. The molecule has 2 saturated heterocycles. The third-order valence-corrected chi connectivity index (χ3v) is 7.31. The van der Waals surface area contributed by atoms with Gasteiger partial charge in [-0.1, -0.05) is 35.9 Å². The topological polar surface area (TPSA) is 131 Å². The minimum absolute atomic E-state index is 0.0148. The Balaban J connectivity index is 1.56. The Bertz CT molecular complexity index is 1220. The van der Waals surface area contributed by atoms with Crippen LogP contribution >= 0.6 is 11.6 Å². The van der Waals surface area contributed by atoms with Crippen molar-refractivity contribution in [1.29, 1.82) is 0 Å². The van der Waals surface area contributed by atoms with Gasteiger partial charge in [-0.2, -0.15) is 0 Å². The lowest BCUT2D eigenvalue weighted by Crippen LogP contribution is -2.53. The summed E-state index contributed by atoms with van der Waals surface area (Å²) in [5.74, 6) is -2.93. The maximum absolute atomic E-state index is 13.7. The second-order valence-corrected chi connectivity index (χ2v) is 9.20. The molecule has 4 amide bonds. The van der Waals surface area contributed by atoms with E-state index in [1.165, 1.54) is 4.90 Å². The van der Waals surface area contributed by atoms with E-state index < -0.39 is 41.1 Å². The number of nitrogens with one attached hydrogen (secondary N) is 2. The van der Waals surface area contributed by atoms with Crippen LogP contribution in [0.2, 0.25) is 5.02 Å². The Morgan fingerprint density at radius 1 is 1.15 bits per heavy atom. The van der Waals surface area contributed by atoms with Crippen LogP contribution in [0.4, 0.5) is 5.69 Å². The maximum atomic E-state index is 13.7. The first-order valence-corrected chi connectivity index (χ1v) is 11.3. The Morgan fingerprint density at radius 2 is 1.88 bits per heavy atom. The van der Waals surface area contributed by atoms with Crippen LogP contribution in [0.15, 0.2) is 42.5 Å². The molecule has 9 nitrogen and oxygen atoms in total. The van der Waals surface area contributed by atoms with Crippen molar-refractivity contribution in [1.82, 2.24) is 10.2 Å². The fourth-order valence-corrected chi connectivity index (χ4v) is 5.69. The molecule has 10 heteroatoms. The van der Waals surface area contributed by atoms with Gasteiger partial charge in [-0.15, -0.1) is 0 Å². The molecule has 0 aliphatic carbocycles. The molecule has 0 unspecified atom stereocenters. The minimum Gasteiger partial charge on any atom is -0.497 e. The van der Waals surface area contributed by atoms with Gasteiger partial charge in [0.2, 0.25) is 23.6 Å². The molecule has 176 valence electrons. The highest BCUT2D eigenvalue weighted by atomic mass is 35.5. The summed E-state index contributed by atoms with van der Waals surface area (Å²) in [6, 6.07) is 11.5. The van der Waals surface area contributed by atoms with E-state index in [1.807, 2.05) is 0 Å². The van der Waals surface area contributed by atoms with Crippen molar-refractivity contribution >= 4 is 40.9 Å². The number of anilines is 1. The molecule has 2 aromatic rings. The zero-order valence-electron chi connectivity index (χ0n) is 18.3. The monoisotopic (exact) mass is 482 g/mol. The molecule has 0 bridgehead atoms. The van der Waals surface area contributed by atoms with Crippen molar-refractivity contribution in [2.45, 2.75) is 31.0 Å². The summed E-state index contributed by atoms with van der Waals surface area (Å²) in [5, 5.41) is 6.38. The third kappa shape index (κ3) is 3.19. The van der Waals surface area contributed by atoms with Crippen LogP contribution in [0.1, 0.15) is 24.0 Å². The van der Waals surface area contributed by atoms with E-state index in [1.54, 1.807) is 49.6 Å². The summed E-state index contributed by atoms with van der Waals surface area (Å²) >= 11 is 6.33. The molecule has 34 heavy (non-hydrogen) atoms. The number of nitrogens with two attached hydrogens (primary N) is 1. The second-order valence-electron chi connectivity index (χ2n) is 8.79. The van der Waals surface area contributed by atoms with E-state index in [-0.39, 0.29) is 25.3 Å². The smallest absolute Gasteiger partial charge is 0.250 e. The van der Waals surface area contributed by atoms with Crippen molar-refractivity contribution in [3.8, 4) is 5.75 Å². The Kier molecular flexibility index (Phi) is 5.33. The average Bonchev–Trinajstić information content (AvgIpc) is 3.40. The predicted molar refractivity (Wildman–Crippen MR) is 123 cm³/mol. The number of primary amides is 1. The maximum Gasteiger partial charge on any atom is 0.250 e. The molecule has 4 atom stereocenters. The Labute approximate surface area is 200 Å². The fourth-order valence-electron chi connectivity index (χ4n) is 5.47. The number of hydrogen-bond acceptors (Lipinski definition) is 6. The molecule has 2 fully saturated rings. The summed E-state index contributed by atoms with van der Waals surface area (Å²) in [5.41, 5.74) is 5.58. The number of carbonyl (C=O) groups excluding carboxylic acids is 4. The fraction of sp³-hybridized carbons (Fsp3) is 0.333. The summed E-state index contributed by atoms with van der Waals surface area (Å²) < 4.78 is 5.17. The number of rotatable bonds is 6. The third-order valence-electron chi connectivity index (χ3n) is 6.99. The summed E-state index contributed by atoms with van der Waals surface area (Å²) in [4.78, 5) is 53.4. The van der Waals surface area contributed by atoms with Crippen molar-refractivity contribution < 1.29 is 23.9 Å². The number of hydrogen-bond donors (Lipinski definition) is 3. The van der Waals surface area contributed by atoms with E-state index >= 15 is 0 Å². The Morgan fingerprint density at radius 3 is 2.56 bits per heavy atom. The first kappa shape index (κ1) is 22.4. The lowest BCUT2D eigenvalue weighted by molar-refractivity contribution is -0.143. The van der Waals surface area contributed by atoms with E-state index in [0.29, 0.717) is 22.0 Å². The lowest BCUT2D eigenvalue weighted by atomic mass is 9.76. The van der Waals surface area contributed by atoms with Gasteiger partial charge in [-0.25, -0.2) is 0 Å². The molecule has 5 rings (SSSR count). The Hall–Kier alpha value is -3.43. The molecule has 3 aliphatic heterocycles. The molecule has 3 aliphatic rings. The predicted octanol–water partition coefficient (Wildman–Crippen LogP) is 1.53. The summed E-state index contributed by atoms with van der Waals surface area (Å²) in [7, 11) is 1.55. The highest BCUT2D eigenvalue weighted by Crippen LogP contribution is 2.54. The van der Waals surface area contributed by atoms with Crippen LogP contribution in [0, 0.1) is 11.8 Å². The number of nitrogens with zero attached hydrogens (tertiary/aromatic N) is 1. The zero-order valence-corrected chi connectivity index (χ0v) is 19.1. The van der Waals surface area contributed by atoms with Crippen LogP contribution in [0.3, 0.4) is 0 Å². The van der Waals surface area contributed by atoms with Gasteiger partial charge in [-0.05, 0) is 30.2 Å². The van der Waals surface area contributed by atoms with E-state index in [4.69, 9.17) is 22.1 Å². The van der Waals surface area contributed by atoms with Gasteiger partial charge < -0.3 is 15.8 Å². The van der Waals surface area contributed by atoms with Crippen LogP contribution in [-0.2, 0) is 31.3 Å². The van der Waals surface area contributed by atoms with Crippen molar-refractivity contribution in [2.75, 3.05) is 12.4 Å². The van der Waals surface area contributed by atoms with Gasteiger partial charge >= 0.3 is 0 Å². The first-order chi connectivity index (χ1) is 16.3. The number of halogens is 1. The van der Waals surface area contributed by atoms with Crippen LogP contribution in [0.5, 0.6) is 5.75 Å². The van der Waals surface area contributed by atoms with E-state index in [2.05, 4.69) is 10.6 Å². The average molecular weight is 483 g/mol. The largest absolute Gasteiger partial charge is 0.497 e. The molecule has 3 heterocycles. The molecule has 0 aromatic heterocycles. The number of imide groups is 1. The molecular formula is C24H23ClN4O5. The lowest BCUT2D eigenvalue weighted by Gasteiger charge is -2.29. The highest BCUT2D eigenvalue weighted by Gasteiger charge is 2.70. The quantitative estimate of drug-likeness (QED) is 0.535. The van der Waals surface area contributed by atoms with E-state index in [0.717, 1.165) is 5.56 Å². The second kappa shape index (κ2) is 8.11. The molecule has 1 spiro atoms. The summed E-state index contributed by atoms with van der Waals surface area (Å²) in [6.07, 6.45) is 0.234. The zero-order chi connectivity index (χ0) is 24.2. The normalized spacial score (nSPS) is 27.2. The van der Waals surface area contributed by atoms with Crippen molar-refractivity contribution in [3.63, 3.8) is 0 Å². The molecule has 0 radical (unpaired) electrons. The number of amides is 4. The number of likely N-dealkylation sites (tertiary alicyclic amines) is 1. The van der Waals surface area contributed by atoms with Gasteiger partial charge in [-0.3, -0.25) is 29.4 Å². The molecule has 2 aromatic carbocycles. The highest BCUT2D eigenvalue weighted by molar-refractivity contribution is 6.35. The number of para-hydroxylation sites is 1.